The second-order valence-corrected chi connectivity index (χ2v) is 7.20. The molecule has 0 spiro atoms. The second-order valence-electron chi connectivity index (χ2n) is 6.36. The van der Waals surface area contributed by atoms with Gasteiger partial charge in [0.25, 0.3) is 0 Å². The highest BCUT2D eigenvalue weighted by Gasteiger charge is 2.25. The lowest BCUT2D eigenvalue weighted by molar-refractivity contribution is -0.126. The van der Waals surface area contributed by atoms with Gasteiger partial charge in [-0.15, -0.1) is 0 Å². The van der Waals surface area contributed by atoms with Gasteiger partial charge in [-0.05, 0) is 61.3 Å². The number of aromatic nitrogens is 1. The van der Waals surface area contributed by atoms with Crippen molar-refractivity contribution in [3.8, 4) is 0 Å². The van der Waals surface area contributed by atoms with Crippen molar-refractivity contribution < 1.29 is 4.79 Å². The first-order chi connectivity index (χ1) is 12.1. The molecule has 0 unspecified atom stereocenters. The van der Waals surface area contributed by atoms with Crippen LogP contribution in [0.1, 0.15) is 24.0 Å². The van der Waals surface area contributed by atoms with E-state index >= 15 is 0 Å². The van der Waals surface area contributed by atoms with E-state index in [-0.39, 0.29) is 11.8 Å². The summed E-state index contributed by atoms with van der Waals surface area (Å²) in [5.74, 6) is 0.222. The van der Waals surface area contributed by atoms with Gasteiger partial charge in [-0.25, -0.2) is 0 Å². The number of hydrogen-bond donors (Lipinski definition) is 1. The van der Waals surface area contributed by atoms with Crippen LogP contribution in [0.2, 0.25) is 10.0 Å². The van der Waals surface area contributed by atoms with E-state index in [4.69, 9.17) is 23.2 Å². The number of rotatable bonds is 5. The number of amides is 1. The molecule has 2 aromatic rings. The summed E-state index contributed by atoms with van der Waals surface area (Å²) >= 11 is 12.2. The van der Waals surface area contributed by atoms with E-state index in [0.717, 1.165) is 43.6 Å². The lowest BCUT2D eigenvalue weighted by atomic mass is 9.95. The summed E-state index contributed by atoms with van der Waals surface area (Å²) in [6.45, 7) is 3.14. The van der Waals surface area contributed by atoms with Crippen LogP contribution in [0.15, 0.2) is 42.7 Å². The first kappa shape index (κ1) is 18.2. The molecule has 0 saturated carbocycles. The van der Waals surface area contributed by atoms with Crippen LogP contribution in [-0.4, -0.2) is 28.9 Å². The molecule has 4 nitrogen and oxygen atoms in total. The molecule has 6 heteroatoms. The summed E-state index contributed by atoms with van der Waals surface area (Å²) in [4.78, 5) is 18.7. The van der Waals surface area contributed by atoms with Gasteiger partial charge in [-0.2, -0.15) is 0 Å². The number of hydrogen-bond acceptors (Lipinski definition) is 3. The van der Waals surface area contributed by atoms with Crippen LogP contribution in [0.4, 0.5) is 0 Å². The number of benzene rings is 1. The summed E-state index contributed by atoms with van der Waals surface area (Å²) in [7, 11) is 0. The molecule has 0 radical (unpaired) electrons. The Morgan fingerprint density at radius 2 is 1.88 bits per heavy atom. The number of halogens is 2. The van der Waals surface area contributed by atoms with Gasteiger partial charge >= 0.3 is 0 Å². The Balaban J connectivity index is 1.45. The molecule has 1 aromatic heterocycles. The number of piperidine rings is 1. The molecule has 1 aromatic carbocycles. The lowest BCUT2D eigenvalue weighted by Crippen LogP contribution is -2.40. The summed E-state index contributed by atoms with van der Waals surface area (Å²) in [5, 5.41) is 4.38. The molecule has 1 fully saturated rings. The number of nitrogens with zero attached hydrogens (tertiary/aromatic N) is 2. The maximum absolute atomic E-state index is 12.3. The normalized spacial score (nSPS) is 15.9. The first-order valence-electron chi connectivity index (χ1n) is 8.45. The number of likely N-dealkylation sites (tertiary alicyclic amines) is 1. The summed E-state index contributed by atoms with van der Waals surface area (Å²) in [6.07, 6.45) is 5.21. The summed E-state index contributed by atoms with van der Waals surface area (Å²) in [5.41, 5.74) is 2.14. The largest absolute Gasteiger partial charge is 0.352 e. The molecular formula is C19H21Cl2N3O. The summed E-state index contributed by atoms with van der Waals surface area (Å²) < 4.78 is 0. The average molecular weight is 378 g/mol. The highest BCUT2D eigenvalue weighted by molar-refractivity contribution is 6.35. The molecular weight excluding hydrogens is 357 g/mol. The topological polar surface area (TPSA) is 45.2 Å². The van der Waals surface area contributed by atoms with Crippen molar-refractivity contribution >= 4 is 29.1 Å². The Hall–Kier alpha value is -1.62. The fourth-order valence-corrected chi connectivity index (χ4v) is 3.55. The van der Waals surface area contributed by atoms with E-state index in [9.17, 15) is 4.79 Å². The SMILES string of the molecule is O=C(NCc1ccncc1)C1CCN(Cc2ccc(Cl)cc2Cl)CC1. The zero-order valence-corrected chi connectivity index (χ0v) is 15.4. The van der Waals surface area contributed by atoms with Crippen LogP contribution in [0.3, 0.4) is 0 Å². The monoisotopic (exact) mass is 377 g/mol. The third kappa shape index (κ3) is 5.18. The van der Waals surface area contributed by atoms with Crippen LogP contribution < -0.4 is 5.32 Å². The predicted molar refractivity (Wildman–Crippen MR) is 101 cm³/mol. The van der Waals surface area contributed by atoms with Crippen molar-refractivity contribution in [3.05, 3.63) is 63.9 Å². The Morgan fingerprint density at radius 3 is 2.56 bits per heavy atom. The van der Waals surface area contributed by atoms with Gasteiger partial charge in [-0.3, -0.25) is 14.7 Å². The third-order valence-corrected chi connectivity index (χ3v) is 5.17. The van der Waals surface area contributed by atoms with Crippen molar-refractivity contribution in [1.82, 2.24) is 15.2 Å². The van der Waals surface area contributed by atoms with E-state index < -0.39 is 0 Å². The highest BCUT2D eigenvalue weighted by atomic mass is 35.5. The number of carbonyl (C=O) groups excluding carboxylic acids is 1. The van der Waals surface area contributed by atoms with Crippen molar-refractivity contribution in [3.63, 3.8) is 0 Å². The quantitative estimate of drug-likeness (QED) is 0.858. The van der Waals surface area contributed by atoms with E-state index in [1.165, 1.54) is 0 Å². The molecule has 0 bridgehead atoms. The molecule has 3 rings (SSSR count). The van der Waals surface area contributed by atoms with Gasteiger partial charge < -0.3 is 5.32 Å². The maximum Gasteiger partial charge on any atom is 0.223 e. The predicted octanol–water partition coefficient (Wildman–Crippen LogP) is 3.92. The molecule has 1 aliphatic heterocycles. The van der Waals surface area contributed by atoms with Crippen LogP contribution in [0.5, 0.6) is 0 Å². The van der Waals surface area contributed by atoms with Gasteiger partial charge in [0.1, 0.15) is 0 Å². The average Bonchev–Trinajstić information content (AvgIpc) is 2.63. The van der Waals surface area contributed by atoms with Crippen molar-refractivity contribution in [2.45, 2.75) is 25.9 Å². The van der Waals surface area contributed by atoms with E-state index in [2.05, 4.69) is 15.2 Å². The van der Waals surface area contributed by atoms with Crippen LogP contribution in [-0.2, 0) is 17.9 Å². The minimum Gasteiger partial charge on any atom is -0.352 e. The fourth-order valence-electron chi connectivity index (χ4n) is 3.08. The zero-order chi connectivity index (χ0) is 17.6. The van der Waals surface area contributed by atoms with Crippen molar-refractivity contribution in [2.75, 3.05) is 13.1 Å². The second kappa shape index (κ2) is 8.65. The fraction of sp³-hybridized carbons (Fsp3) is 0.368. The van der Waals surface area contributed by atoms with Gasteiger partial charge in [-0.1, -0.05) is 29.3 Å². The van der Waals surface area contributed by atoms with E-state index in [1.54, 1.807) is 18.5 Å². The molecule has 132 valence electrons. The Labute approximate surface area is 158 Å². The van der Waals surface area contributed by atoms with Gasteiger partial charge in [0.2, 0.25) is 5.91 Å². The molecule has 1 saturated heterocycles. The van der Waals surface area contributed by atoms with Crippen LogP contribution in [0.25, 0.3) is 0 Å². The van der Waals surface area contributed by atoms with Crippen LogP contribution >= 0.6 is 23.2 Å². The molecule has 0 atom stereocenters. The minimum atomic E-state index is 0.0822. The molecule has 25 heavy (non-hydrogen) atoms. The third-order valence-electron chi connectivity index (χ3n) is 4.58. The molecule has 1 N–H and O–H groups in total. The maximum atomic E-state index is 12.3. The first-order valence-corrected chi connectivity index (χ1v) is 9.20. The minimum absolute atomic E-state index is 0.0822. The Kier molecular flexibility index (Phi) is 6.29. The standard InChI is InChI=1S/C19H21Cl2N3O/c20-17-2-1-16(18(21)11-17)13-24-9-5-15(6-10-24)19(25)23-12-14-3-7-22-8-4-14/h1-4,7-8,11,15H,5-6,9-10,12-13H2,(H,23,25). The highest BCUT2D eigenvalue weighted by Crippen LogP contribution is 2.25. The van der Waals surface area contributed by atoms with Crippen molar-refractivity contribution in [2.24, 2.45) is 5.92 Å². The molecule has 2 heterocycles. The van der Waals surface area contributed by atoms with Crippen LogP contribution in [0, 0.1) is 5.92 Å². The Morgan fingerprint density at radius 1 is 1.16 bits per heavy atom. The van der Waals surface area contributed by atoms with Gasteiger partial charge in [0.15, 0.2) is 0 Å². The van der Waals surface area contributed by atoms with Gasteiger partial charge in [0.05, 0.1) is 0 Å². The Bertz CT molecular complexity index is 716. The lowest BCUT2D eigenvalue weighted by Gasteiger charge is -2.31. The zero-order valence-electron chi connectivity index (χ0n) is 13.9. The van der Waals surface area contributed by atoms with Crippen molar-refractivity contribution in [1.29, 1.82) is 0 Å². The molecule has 1 aliphatic rings. The van der Waals surface area contributed by atoms with E-state index in [0.29, 0.717) is 16.6 Å². The molecule has 0 aliphatic carbocycles. The molecule has 1 amide bonds. The number of pyridine rings is 1. The smallest absolute Gasteiger partial charge is 0.223 e. The summed E-state index contributed by atoms with van der Waals surface area (Å²) in [6, 6.07) is 9.44. The number of nitrogens with one attached hydrogen (secondary N) is 1. The number of carbonyl (C=O) groups is 1. The van der Waals surface area contributed by atoms with E-state index in [1.807, 2.05) is 24.3 Å². The van der Waals surface area contributed by atoms with Gasteiger partial charge in [0, 0.05) is 41.4 Å².